The molecule has 1 saturated heterocycles. The Labute approximate surface area is 164 Å². The summed E-state index contributed by atoms with van der Waals surface area (Å²) in [6.45, 7) is 4.34. The fourth-order valence-corrected chi connectivity index (χ4v) is 5.53. The van der Waals surface area contributed by atoms with Crippen molar-refractivity contribution in [2.24, 2.45) is 17.8 Å². The van der Waals surface area contributed by atoms with Crippen LogP contribution in [-0.4, -0.2) is 30.9 Å². The molecule has 1 aliphatic heterocycles. The Balaban J connectivity index is 1.83. The average molecular weight is 384 g/mol. The second kappa shape index (κ2) is 6.75. The molecule has 2 heterocycles. The van der Waals surface area contributed by atoms with Gasteiger partial charge < -0.3 is 4.90 Å². The maximum Gasteiger partial charge on any atom is 0.243 e. The number of carbonyl (C=O) groups is 2. The van der Waals surface area contributed by atoms with Crippen LogP contribution in [0.4, 0.5) is 10.8 Å². The minimum absolute atomic E-state index is 0.0491. The summed E-state index contributed by atoms with van der Waals surface area (Å²) in [4.78, 5) is 36.0. The number of rotatable bonds is 4. The smallest absolute Gasteiger partial charge is 0.243 e. The first kappa shape index (κ1) is 18.2. The molecule has 142 valence electrons. The van der Waals surface area contributed by atoms with Crippen molar-refractivity contribution in [2.45, 2.75) is 32.6 Å². The van der Waals surface area contributed by atoms with E-state index in [1.807, 2.05) is 49.3 Å². The predicted octanol–water partition coefficient (Wildman–Crippen LogP) is 3.70. The number of thiazole rings is 1. The molecule has 5 nitrogen and oxygen atoms in total. The first-order chi connectivity index (χ1) is 12.9. The van der Waals surface area contributed by atoms with E-state index in [0.29, 0.717) is 11.6 Å². The summed E-state index contributed by atoms with van der Waals surface area (Å²) in [6.07, 6.45) is 1.76. The van der Waals surface area contributed by atoms with Crippen molar-refractivity contribution in [2.75, 3.05) is 23.9 Å². The van der Waals surface area contributed by atoms with Gasteiger partial charge in [0.05, 0.1) is 23.2 Å². The van der Waals surface area contributed by atoms with E-state index in [-0.39, 0.29) is 23.7 Å². The summed E-state index contributed by atoms with van der Waals surface area (Å²) in [5, 5.41) is 0.905. The molecule has 0 spiro atoms. The topological polar surface area (TPSA) is 53.5 Å². The van der Waals surface area contributed by atoms with Crippen LogP contribution in [0.3, 0.4) is 0 Å². The molecule has 0 saturated carbocycles. The van der Waals surface area contributed by atoms with Gasteiger partial charge in [-0.3, -0.25) is 9.59 Å². The third kappa shape index (κ3) is 2.78. The van der Waals surface area contributed by atoms with Crippen molar-refractivity contribution < 1.29 is 9.59 Å². The number of nitrogens with zero attached hydrogens (tertiary/aromatic N) is 3. The highest BCUT2D eigenvalue weighted by Gasteiger charge is 2.56. The fraction of sp³-hybridized carbons (Fsp3) is 0.476. The molecule has 2 aliphatic rings. The van der Waals surface area contributed by atoms with Crippen LogP contribution in [0.2, 0.25) is 0 Å². The molecule has 27 heavy (non-hydrogen) atoms. The van der Waals surface area contributed by atoms with E-state index in [1.165, 1.54) is 4.90 Å². The molecule has 1 aliphatic carbocycles. The van der Waals surface area contributed by atoms with Crippen LogP contribution >= 0.6 is 11.3 Å². The van der Waals surface area contributed by atoms with Crippen molar-refractivity contribution in [3.05, 3.63) is 40.9 Å². The zero-order valence-electron chi connectivity index (χ0n) is 16.2. The van der Waals surface area contributed by atoms with Crippen LogP contribution in [0.5, 0.6) is 0 Å². The Bertz CT molecular complexity index is 877. The highest BCUT2D eigenvalue weighted by atomic mass is 32.1. The van der Waals surface area contributed by atoms with Crippen LogP contribution < -0.4 is 9.80 Å². The lowest BCUT2D eigenvalue weighted by Gasteiger charge is -2.33. The van der Waals surface area contributed by atoms with Crippen molar-refractivity contribution in [3.63, 3.8) is 0 Å². The summed E-state index contributed by atoms with van der Waals surface area (Å²) < 4.78 is 0. The standard InChI is InChI=1S/C21H25N3O2S/c1-5-12(2)14-11-15-18(27-21(22-15)23(3)4)17-16(14)19(25)24(20(17)26)13-9-7-6-8-10-13/h6-10,12,14,16-17H,5,11H2,1-4H3/t12-,14+,16-,17-/m0/s1. The van der Waals surface area contributed by atoms with Crippen LogP contribution in [0.1, 0.15) is 36.8 Å². The first-order valence-electron chi connectivity index (χ1n) is 9.53. The average Bonchev–Trinajstić information content (AvgIpc) is 3.20. The quantitative estimate of drug-likeness (QED) is 0.756. The first-order valence-corrected chi connectivity index (χ1v) is 10.4. The Kier molecular flexibility index (Phi) is 4.54. The van der Waals surface area contributed by atoms with Gasteiger partial charge in [0.25, 0.3) is 0 Å². The lowest BCUT2D eigenvalue weighted by molar-refractivity contribution is -0.123. The summed E-state index contributed by atoms with van der Waals surface area (Å²) in [5.41, 5.74) is 1.68. The third-order valence-electron chi connectivity index (χ3n) is 6.01. The number of hydrogen-bond donors (Lipinski definition) is 0. The predicted molar refractivity (Wildman–Crippen MR) is 108 cm³/mol. The SMILES string of the molecule is CC[C@H](C)[C@H]1Cc2nc(N(C)C)sc2[C@H]2C(=O)N(c3ccccc3)C(=O)[C@@H]12. The highest BCUT2D eigenvalue weighted by molar-refractivity contribution is 7.16. The van der Waals surface area contributed by atoms with E-state index in [0.717, 1.165) is 28.5 Å². The summed E-state index contributed by atoms with van der Waals surface area (Å²) in [6, 6.07) is 9.31. The molecular formula is C21H25N3O2S. The minimum atomic E-state index is -0.397. The van der Waals surface area contributed by atoms with Gasteiger partial charge in [0.1, 0.15) is 0 Å². The second-order valence-electron chi connectivity index (χ2n) is 7.81. The number of benzene rings is 1. The van der Waals surface area contributed by atoms with E-state index < -0.39 is 5.92 Å². The van der Waals surface area contributed by atoms with E-state index in [2.05, 4.69) is 13.8 Å². The molecule has 4 rings (SSSR count). The molecule has 4 atom stereocenters. The number of carbonyl (C=O) groups excluding carboxylic acids is 2. The highest BCUT2D eigenvalue weighted by Crippen LogP contribution is 2.52. The second-order valence-corrected chi connectivity index (χ2v) is 8.82. The number of anilines is 2. The molecule has 2 amide bonds. The van der Waals surface area contributed by atoms with Crippen LogP contribution in [0.25, 0.3) is 0 Å². The van der Waals surface area contributed by atoms with E-state index in [4.69, 9.17) is 4.98 Å². The summed E-state index contributed by atoms with van der Waals surface area (Å²) in [5.74, 6) is -0.314. The molecule has 0 unspecified atom stereocenters. The molecular weight excluding hydrogens is 358 g/mol. The maximum absolute atomic E-state index is 13.4. The van der Waals surface area contributed by atoms with Gasteiger partial charge in [-0.25, -0.2) is 9.88 Å². The van der Waals surface area contributed by atoms with Gasteiger partial charge >= 0.3 is 0 Å². The Hall–Kier alpha value is -2.21. The number of para-hydroxylation sites is 1. The van der Waals surface area contributed by atoms with Gasteiger partial charge in [0.15, 0.2) is 5.13 Å². The van der Waals surface area contributed by atoms with Crippen molar-refractivity contribution >= 4 is 34.0 Å². The number of fused-ring (bicyclic) bond motifs is 3. The Morgan fingerprint density at radius 2 is 1.93 bits per heavy atom. The zero-order valence-corrected chi connectivity index (χ0v) is 17.0. The number of aromatic nitrogens is 1. The van der Waals surface area contributed by atoms with Crippen molar-refractivity contribution in [1.29, 1.82) is 0 Å². The van der Waals surface area contributed by atoms with Gasteiger partial charge in [-0.1, -0.05) is 38.5 Å². The van der Waals surface area contributed by atoms with Gasteiger partial charge in [-0.05, 0) is 30.4 Å². The number of imide groups is 1. The lowest BCUT2D eigenvalue weighted by atomic mass is 9.69. The summed E-state index contributed by atoms with van der Waals surface area (Å²) >= 11 is 1.56. The minimum Gasteiger partial charge on any atom is -0.354 e. The van der Waals surface area contributed by atoms with Crippen LogP contribution in [0.15, 0.2) is 30.3 Å². The maximum atomic E-state index is 13.4. The molecule has 0 N–H and O–H groups in total. The fourth-order valence-electron chi connectivity index (χ4n) is 4.37. The van der Waals surface area contributed by atoms with Gasteiger partial charge in [-0.2, -0.15) is 0 Å². The number of hydrogen-bond acceptors (Lipinski definition) is 5. The molecule has 6 heteroatoms. The van der Waals surface area contributed by atoms with E-state index in [9.17, 15) is 9.59 Å². The van der Waals surface area contributed by atoms with Gasteiger partial charge in [-0.15, -0.1) is 11.3 Å². The summed E-state index contributed by atoms with van der Waals surface area (Å²) in [7, 11) is 3.93. The van der Waals surface area contributed by atoms with Gasteiger partial charge in [0, 0.05) is 19.0 Å². The lowest BCUT2D eigenvalue weighted by Crippen LogP contribution is -2.36. The Morgan fingerprint density at radius 3 is 2.56 bits per heavy atom. The van der Waals surface area contributed by atoms with E-state index in [1.54, 1.807) is 11.3 Å². The molecule has 1 aromatic carbocycles. The molecule has 1 aromatic heterocycles. The molecule has 0 bridgehead atoms. The van der Waals surface area contributed by atoms with Crippen LogP contribution in [0, 0.1) is 17.8 Å². The van der Waals surface area contributed by atoms with Crippen molar-refractivity contribution in [3.8, 4) is 0 Å². The molecule has 2 aromatic rings. The normalized spacial score (nSPS) is 25.3. The molecule has 0 radical (unpaired) electrons. The zero-order chi connectivity index (χ0) is 19.3. The third-order valence-corrected chi connectivity index (χ3v) is 7.36. The number of amides is 2. The van der Waals surface area contributed by atoms with Crippen molar-refractivity contribution in [1.82, 2.24) is 4.98 Å². The molecule has 1 fully saturated rings. The van der Waals surface area contributed by atoms with Crippen LogP contribution in [-0.2, 0) is 16.0 Å². The van der Waals surface area contributed by atoms with E-state index >= 15 is 0 Å². The Morgan fingerprint density at radius 1 is 1.22 bits per heavy atom. The van der Waals surface area contributed by atoms with Gasteiger partial charge in [0.2, 0.25) is 11.8 Å². The largest absolute Gasteiger partial charge is 0.354 e. The monoisotopic (exact) mass is 383 g/mol.